The molecule has 1 aromatic carbocycles. The Kier molecular flexibility index (Phi) is 4.75. The SMILES string of the molecule is COc1cc(Cl)nc(NC(=O)Cc2cc(C)ccc2C)n1. The van der Waals surface area contributed by atoms with Crippen molar-refractivity contribution in [2.24, 2.45) is 0 Å². The van der Waals surface area contributed by atoms with Crippen molar-refractivity contribution in [1.29, 1.82) is 0 Å². The number of hydrogen-bond donors (Lipinski definition) is 1. The van der Waals surface area contributed by atoms with Crippen molar-refractivity contribution in [3.63, 3.8) is 0 Å². The van der Waals surface area contributed by atoms with Crippen LogP contribution in [0.1, 0.15) is 16.7 Å². The Morgan fingerprint density at radius 3 is 2.76 bits per heavy atom. The number of amides is 1. The normalized spacial score (nSPS) is 10.3. The van der Waals surface area contributed by atoms with Gasteiger partial charge in [0.15, 0.2) is 0 Å². The Labute approximate surface area is 128 Å². The van der Waals surface area contributed by atoms with E-state index < -0.39 is 0 Å². The highest BCUT2D eigenvalue weighted by Crippen LogP contribution is 2.16. The summed E-state index contributed by atoms with van der Waals surface area (Å²) in [7, 11) is 1.47. The van der Waals surface area contributed by atoms with E-state index in [0.717, 1.165) is 16.7 Å². The molecule has 0 bridgehead atoms. The van der Waals surface area contributed by atoms with E-state index in [0.29, 0.717) is 5.88 Å². The van der Waals surface area contributed by atoms with E-state index in [4.69, 9.17) is 16.3 Å². The van der Waals surface area contributed by atoms with Gasteiger partial charge in [-0.05, 0) is 25.0 Å². The molecule has 21 heavy (non-hydrogen) atoms. The van der Waals surface area contributed by atoms with Gasteiger partial charge in [-0.1, -0.05) is 35.4 Å². The maximum Gasteiger partial charge on any atom is 0.234 e. The Morgan fingerprint density at radius 1 is 1.29 bits per heavy atom. The number of aryl methyl sites for hydroxylation is 2. The van der Waals surface area contributed by atoms with E-state index in [1.807, 2.05) is 32.0 Å². The molecule has 0 aliphatic carbocycles. The second kappa shape index (κ2) is 6.54. The Hall–Kier alpha value is -2.14. The van der Waals surface area contributed by atoms with Gasteiger partial charge in [-0.3, -0.25) is 10.1 Å². The van der Waals surface area contributed by atoms with E-state index in [9.17, 15) is 4.79 Å². The van der Waals surface area contributed by atoms with Crippen LogP contribution in [-0.4, -0.2) is 23.0 Å². The number of benzene rings is 1. The molecular weight excluding hydrogens is 290 g/mol. The van der Waals surface area contributed by atoms with Crippen LogP contribution in [0.2, 0.25) is 5.15 Å². The predicted molar refractivity (Wildman–Crippen MR) is 81.8 cm³/mol. The predicted octanol–water partition coefficient (Wildman–Crippen LogP) is 2.94. The fourth-order valence-electron chi connectivity index (χ4n) is 1.89. The van der Waals surface area contributed by atoms with Crippen molar-refractivity contribution in [3.8, 4) is 5.88 Å². The van der Waals surface area contributed by atoms with Crippen LogP contribution in [0.3, 0.4) is 0 Å². The molecular formula is C15H16ClN3O2. The molecule has 0 radical (unpaired) electrons. The lowest BCUT2D eigenvalue weighted by Crippen LogP contribution is -2.17. The molecule has 0 fully saturated rings. The van der Waals surface area contributed by atoms with Crippen LogP contribution in [0.25, 0.3) is 0 Å². The van der Waals surface area contributed by atoms with Crippen molar-refractivity contribution in [2.45, 2.75) is 20.3 Å². The van der Waals surface area contributed by atoms with Gasteiger partial charge in [-0.2, -0.15) is 4.98 Å². The summed E-state index contributed by atoms with van der Waals surface area (Å²) in [5.41, 5.74) is 3.16. The van der Waals surface area contributed by atoms with Gasteiger partial charge in [0.25, 0.3) is 0 Å². The number of aromatic nitrogens is 2. The number of nitrogens with one attached hydrogen (secondary N) is 1. The Balaban J connectivity index is 2.11. The molecule has 1 aromatic heterocycles. The number of halogens is 1. The fraction of sp³-hybridized carbons (Fsp3) is 0.267. The lowest BCUT2D eigenvalue weighted by molar-refractivity contribution is -0.115. The number of carbonyl (C=O) groups is 1. The topological polar surface area (TPSA) is 64.1 Å². The quantitative estimate of drug-likeness (QED) is 0.882. The molecule has 2 aromatic rings. The zero-order chi connectivity index (χ0) is 15.4. The molecule has 0 aliphatic heterocycles. The van der Waals surface area contributed by atoms with Gasteiger partial charge in [0.05, 0.1) is 13.5 Å². The Bertz CT molecular complexity index is 674. The molecule has 0 atom stereocenters. The summed E-state index contributed by atoms with van der Waals surface area (Å²) in [5.74, 6) is 0.236. The minimum absolute atomic E-state index is 0.134. The van der Waals surface area contributed by atoms with E-state index in [-0.39, 0.29) is 23.4 Å². The van der Waals surface area contributed by atoms with Crippen LogP contribution in [0.5, 0.6) is 5.88 Å². The van der Waals surface area contributed by atoms with E-state index in [1.165, 1.54) is 13.2 Å². The van der Waals surface area contributed by atoms with E-state index in [2.05, 4.69) is 15.3 Å². The van der Waals surface area contributed by atoms with Gasteiger partial charge in [-0.15, -0.1) is 0 Å². The molecule has 1 N–H and O–H groups in total. The third kappa shape index (κ3) is 4.16. The van der Waals surface area contributed by atoms with Crippen LogP contribution in [0, 0.1) is 13.8 Å². The van der Waals surface area contributed by atoms with Gasteiger partial charge in [0, 0.05) is 6.07 Å². The van der Waals surface area contributed by atoms with E-state index >= 15 is 0 Å². The van der Waals surface area contributed by atoms with Crippen LogP contribution < -0.4 is 10.1 Å². The molecule has 0 saturated heterocycles. The third-order valence-electron chi connectivity index (χ3n) is 2.99. The lowest BCUT2D eigenvalue weighted by Gasteiger charge is -2.08. The van der Waals surface area contributed by atoms with Gasteiger partial charge in [0.1, 0.15) is 5.15 Å². The van der Waals surface area contributed by atoms with Gasteiger partial charge in [0.2, 0.25) is 17.7 Å². The van der Waals surface area contributed by atoms with Gasteiger partial charge < -0.3 is 4.74 Å². The highest BCUT2D eigenvalue weighted by Gasteiger charge is 2.10. The molecule has 0 saturated carbocycles. The average Bonchev–Trinajstić information content (AvgIpc) is 2.42. The fourth-order valence-corrected chi connectivity index (χ4v) is 2.06. The molecule has 0 spiro atoms. The van der Waals surface area contributed by atoms with Crippen LogP contribution in [0.15, 0.2) is 24.3 Å². The maximum atomic E-state index is 12.1. The first-order chi connectivity index (χ1) is 9.97. The second-order valence-corrected chi connectivity index (χ2v) is 5.10. The summed E-state index contributed by atoms with van der Waals surface area (Å²) in [6.07, 6.45) is 0.256. The third-order valence-corrected chi connectivity index (χ3v) is 3.18. The largest absolute Gasteiger partial charge is 0.481 e. The summed E-state index contributed by atoms with van der Waals surface area (Å²) in [6.45, 7) is 3.97. The molecule has 2 rings (SSSR count). The average molecular weight is 306 g/mol. The Morgan fingerprint density at radius 2 is 2.05 bits per heavy atom. The van der Waals surface area contributed by atoms with Crippen LogP contribution >= 0.6 is 11.6 Å². The van der Waals surface area contributed by atoms with Crippen molar-refractivity contribution >= 4 is 23.5 Å². The molecule has 0 aliphatic rings. The first-order valence-electron chi connectivity index (χ1n) is 6.42. The van der Waals surface area contributed by atoms with Gasteiger partial charge >= 0.3 is 0 Å². The number of ether oxygens (including phenoxy) is 1. The highest BCUT2D eigenvalue weighted by molar-refractivity contribution is 6.29. The van der Waals surface area contributed by atoms with E-state index in [1.54, 1.807) is 0 Å². The van der Waals surface area contributed by atoms with Crippen LogP contribution in [-0.2, 0) is 11.2 Å². The minimum atomic E-state index is -0.201. The standard InChI is InChI=1S/C15H16ClN3O2/c1-9-4-5-10(2)11(6-9)7-13(20)18-15-17-12(16)8-14(19-15)21-3/h4-6,8H,7H2,1-3H3,(H,17,18,19,20). The number of anilines is 1. The van der Waals surface area contributed by atoms with Crippen molar-refractivity contribution in [3.05, 3.63) is 46.1 Å². The zero-order valence-corrected chi connectivity index (χ0v) is 12.9. The van der Waals surface area contributed by atoms with Gasteiger partial charge in [-0.25, -0.2) is 4.98 Å². The number of carbonyl (C=O) groups excluding carboxylic acids is 1. The molecule has 5 nitrogen and oxygen atoms in total. The first kappa shape index (κ1) is 15.3. The molecule has 6 heteroatoms. The summed E-state index contributed by atoms with van der Waals surface area (Å²) in [5, 5.41) is 2.84. The number of nitrogens with zero attached hydrogens (tertiary/aromatic N) is 2. The van der Waals surface area contributed by atoms with Crippen LogP contribution in [0.4, 0.5) is 5.95 Å². The summed E-state index contributed by atoms with van der Waals surface area (Å²) >= 11 is 5.84. The lowest BCUT2D eigenvalue weighted by atomic mass is 10.0. The molecule has 1 heterocycles. The summed E-state index contributed by atoms with van der Waals surface area (Å²) in [4.78, 5) is 20.1. The summed E-state index contributed by atoms with van der Waals surface area (Å²) in [6, 6.07) is 7.48. The molecule has 1 amide bonds. The monoisotopic (exact) mass is 305 g/mol. The number of rotatable bonds is 4. The number of methoxy groups -OCH3 is 1. The maximum absolute atomic E-state index is 12.1. The first-order valence-corrected chi connectivity index (χ1v) is 6.80. The zero-order valence-electron chi connectivity index (χ0n) is 12.1. The molecule has 0 unspecified atom stereocenters. The highest BCUT2D eigenvalue weighted by atomic mass is 35.5. The summed E-state index contributed by atoms with van der Waals surface area (Å²) < 4.78 is 4.98. The minimum Gasteiger partial charge on any atom is -0.481 e. The van der Waals surface area contributed by atoms with Crippen molar-refractivity contribution in [2.75, 3.05) is 12.4 Å². The molecule has 110 valence electrons. The number of hydrogen-bond acceptors (Lipinski definition) is 4. The smallest absolute Gasteiger partial charge is 0.234 e. The second-order valence-electron chi connectivity index (χ2n) is 4.71. The van der Waals surface area contributed by atoms with Crippen molar-refractivity contribution < 1.29 is 9.53 Å². The van der Waals surface area contributed by atoms with Crippen molar-refractivity contribution in [1.82, 2.24) is 9.97 Å².